The molecule has 16 heavy (non-hydrogen) atoms. The minimum absolute atomic E-state index is 0.149. The lowest BCUT2D eigenvalue weighted by Gasteiger charge is -2.22. The van der Waals surface area contributed by atoms with Gasteiger partial charge in [-0.3, -0.25) is 4.79 Å². The van der Waals surface area contributed by atoms with Gasteiger partial charge >= 0.3 is 5.97 Å². The van der Waals surface area contributed by atoms with Gasteiger partial charge in [-0.2, -0.15) is 0 Å². The highest BCUT2D eigenvalue weighted by Crippen LogP contribution is 2.41. The van der Waals surface area contributed by atoms with Crippen LogP contribution in [0.25, 0.3) is 0 Å². The number of hydrogen-bond acceptors (Lipinski definition) is 4. The summed E-state index contributed by atoms with van der Waals surface area (Å²) in [5.74, 6) is 1.75. The predicted molar refractivity (Wildman–Crippen MR) is 58.2 cm³/mol. The first-order valence-corrected chi connectivity index (χ1v) is 5.12. The topological polar surface area (TPSA) is 44.8 Å². The zero-order chi connectivity index (χ0) is 11.7. The summed E-state index contributed by atoms with van der Waals surface area (Å²) in [7, 11) is 3.14. The van der Waals surface area contributed by atoms with Gasteiger partial charge in [-0.15, -0.1) is 0 Å². The van der Waals surface area contributed by atoms with E-state index in [9.17, 15) is 4.79 Å². The summed E-state index contributed by atoms with van der Waals surface area (Å²) >= 11 is 0. The monoisotopic (exact) mass is 222 g/mol. The summed E-state index contributed by atoms with van der Waals surface area (Å²) in [4.78, 5) is 11.3. The summed E-state index contributed by atoms with van der Waals surface area (Å²) in [6.45, 7) is 1.99. The SMILES string of the molecule is COc1cc2c(cc1OC)[C@H](C)CC(=O)O2. The Morgan fingerprint density at radius 3 is 2.50 bits per heavy atom. The maximum Gasteiger partial charge on any atom is 0.311 e. The Hall–Kier alpha value is -1.71. The van der Waals surface area contributed by atoms with E-state index in [-0.39, 0.29) is 11.9 Å². The summed E-state index contributed by atoms with van der Waals surface area (Å²) in [5, 5.41) is 0. The number of carbonyl (C=O) groups excluding carboxylic acids is 1. The second kappa shape index (κ2) is 4.04. The van der Waals surface area contributed by atoms with Gasteiger partial charge in [0, 0.05) is 11.6 Å². The highest BCUT2D eigenvalue weighted by molar-refractivity contribution is 5.77. The Kier molecular flexibility index (Phi) is 2.73. The van der Waals surface area contributed by atoms with Crippen LogP contribution in [0.4, 0.5) is 0 Å². The molecule has 0 aliphatic carbocycles. The summed E-state index contributed by atoms with van der Waals surface area (Å²) < 4.78 is 15.5. The fraction of sp³-hybridized carbons (Fsp3) is 0.417. The van der Waals surface area contributed by atoms with Gasteiger partial charge in [0.2, 0.25) is 0 Å². The number of ether oxygens (including phenoxy) is 3. The third-order valence-corrected chi connectivity index (χ3v) is 2.74. The number of rotatable bonds is 2. The first kappa shape index (κ1) is 10.8. The molecule has 1 aromatic carbocycles. The molecule has 86 valence electrons. The van der Waals surface area contributed by atoms with Gasteiger partial charge in [0.1, 0.15) is 5.75 Å². The molecule has 0 bridgehead atoms. The minimum Gasteiger partial charge on any atom is -0.493 e. The van der Waals surface area contributed by atoms with Crippen molar-refractivity contribution in [3.63, 3.8) is 0 Å². The van der Waals surface area contributed by atoms with Gasteiger partial charge in [0.25, 0.3) is 0 Å². The minimum atomic E-state index is -0.202. The van der Waals surface area contributed by atoms with Crippen LogP contribution in [0.1, 0.15) is 24.8 Å². The standard InChI is InChI=1S/C12H14O4/c1-7-4-12(13)16-9-6-11(15-3)10(14-2)5-8(7)9/h5-7H,4H2,1-3H3/t7-/m1/s1. The number of esters is 1. The molecule has 1 aliphatic heterocycles. The van der Waals surface area contributed by atoms with Crippen LogP contribution >= 0.6 is 0 Å². The molecular formula is C12H14O4. The smallest absolute Gasteiger partial charge is 0.311 e. The number of carbonyl (C=O) groups is 1. The van der Waals surface area contributed by atoms with Crippen molar-refractivity contribution in [2.75, 3.05) is 14.2 Å². The molecule has 0 aromatic heterocycles. The van der Waals surface area contributed by atoms with Crippen molar-refractivity contribution in [1.82, 2.24) is 0 Å². The van der Waals surface area contributed by atoms with Crippen LogP contribution in [0.5, 0.6) is 17.2 Å². The molecule has 0 radical (unpaired) electrons. The normalized spacial score (nSPS) is 18.7. The van der Waals surface area contributed by atoms with Gasteiger partial charge in [-0.1, -0.05) is 6.92 Å². The van der Waals surface area contributed by atoms with Gasteiger partial charge in [-0.05, 0) is 12.0 Å². The summed E-state index contributed by atoms with van der Waals surface area (Å²) in [6.07, 6.45) is 0.405. The number of hydrogen-bond donors (Lipinski definition) is 0. The maximum atomic E-state index is 11.3. The predicted octanol–water partition coefficient (Wildman–Crippen LogP) is 2.12. The second-order valence-corrected chi connectivity index (χ2v) is 3.82. The van der Waals surface area contributed by atoms with Crippen molar-refractivity contribution in [3.8, 4) is 17.2 Å². The van der Waals surface area contributed by atoms with Crippen LogP contribution in [0.3, 0.4) is 0 Å². The Labute approximate surface area is 94.1 Å². The van der Waals surface area contributed by atoms with E-state index >= 15 is 0 Å². The lowest BCUT2D eigenvalue weighted by atomic mass is 9.94. The van der Waals surface area contributed by atoms with Crippen LogP contribution in [0, 0.1) is 0 Å². The molecule has 1 heterocycles. The molecular weight excluding hydrogens is 208 g/mol. The van der Waals surface area contributed by atoms with E-state index in [1.165, 1.54) is 0 Å². The molecule has 1 aromatic rings. The van der Waals surface area contributed by atoms with Crippen molar-refractivity contribution >= 4 is 5.97 Å². The first-order chi connectivity index (χ1) is 7.65. The Morgan fingerprint density at radius 2 is 1.88 bits per heavy atom. The zero-order valence-corrected chi connectivity index (χ0v) is 9.57. The van der Waals surface area contributed by atoms with Crippen LogP contribution in [0.2, 0.25) is 0 Å². The highest BCUT2D eigenvalue weighted by atomic mass is 16.5. The summed E-state index contributed by atoms with van der Waals surface area (Å²) in [5.41, 5.74) is 0.984. The maximum absolute atomic E-state index is 11.3. The quantitative estimate of drug-likeness (QED) is 0.568. The van der Waals surface area contributed by atoms with E-state index in [1.54, 1.807) is 20.3 Å². The fourth-order valence-corrected chi connectivity index (χ4v) is 1.87. The number of fused-ring (bicyclic) bond motifs is 1. The van der Waals surface area contributed by atoms with Crippen molar-refractivity contribution < 1.29 is 19.0 Å². The lowest BCUT2D eigenvalue weighted by Crippen LogP contribution is -2.18. The van der Waals surface area contributed by atoms with Gasteiger partial charge < -0.3 is 14.2 Å². The molecule has 0 N–H and O–H groups in total. The van der Waals surface area contributed by atoms with Gasteiger partial charge in [-0.25, -0.2) is 0 Å². The van der Waals surface area contributed by atoms with Crippen molar-refractivity contribution in [1.29, 1.82) is 0 Å². The second-order valence-electron chi connectivity index (χ2n) is 3.82. The Bertz CT molecular complexity index is 425. The first-order valence-electron chi connectivity index (χ1n) is 5.12. The van der Waals surface area contributed by atoms with E-state index in [1.807, 2.05) is 13.0 Å². The van der Waals surface area contributed by atoms with Crippen molar-refractivity contribution in [2.45, 2.75) is 19.3 Å². The Balaban J connectivity index is 2.51. The average molecular weight is 222 g/mol. The third-order valence-electron chi connectivity index (χ3n) is 2.74. The molecule has 2 rings (SSSR count). The molecule has 0 unspecified atom stereocenters. The molecule has 0 saturated heterocycles. The molecule has 0 fully saturated rings. The molecule has 0 amide bonds. The fourth-order valence-electron chi connectivity index (χ4n) is 1.87. The van der Waals surface area contributed by atoms with E-state index in [2.05, 4.69) is 0 Å². The largest absolute Gasteiger partial charge is 0.493 e. The Morgan fingerprint density at radius 1 is 1.25 bits per heavy atom. The third kappa shape index (κ3) is 1.71. The van der Waals surface area contributed by atoms with Crippen molar-refractivity contribution in [2.24, 2.45) is 0 Å². The van der Waals surface area contributed by atoms with Gasteiger partial charge in [0.15, 0.2) is 11.5 Å². The van der Waals surface area contributed by atoms with Gasteiger partial charge in [0.05, 0.1) is 20.6 Å². The van der Waals surface area contributed by atoms with E-state index < -0.39 is 0 Å². The molecule has 1 atom stereocenters. The van der Waals surface area contributed by atoms with Crippen LogP contribution < -0.4 is 14.2 Å². The van der Waals surface area contributed by atoms with E-state index in [0.717, 1.165) is 5.56 Å². The van der Waals surface area contributed by atoms with E-state index in [4.69, 9.17) is 14.2 Å². The number of benzene rings is 1. The lowest BCUT2D eigenvalue weighted by molar-refractivity contribution is -0.135. The zero-order valence-electron chi connectivity index (χ0n) is 9.57. The van der Waals surface area contributed by atoms with E-state index in [0.29, 0.717) is 23.7 Å². The summed E-state index contributed by atoms with van der Waals surface area (Å²) in [6, 6.07) is 3.56. The molecule has 4 nitrogen and oxygen atoms in total. The van der Waals surface area contributed by atoms with Crippen LogP contribution in [-0.4, -0.2) is 20.2 Å². The van der Waals surface area contributed by atoms with Crippen LogP contribution in [-0.2, 0) is 4.79 Å². The molecule has 1 aliphatic rings. The van der Waals surface area contributed by atoms with Crippen molar-refractivity contribution in [3.05, 3.63) is 17.7 Å². The van der Waals surface area contributed by atoms with Crippen LogP contribution in [0.15, 0.2) is 12.1 Å². The molecule has 0 spiro atoms. The molecule has 0 saturated carbocycles. The highest BCUT2D eigenvalue weighted by Gasteiger charge is 2.25. The average Bonchev–Trinajstić information content (AvgIpc) is 2.27. The molecule has 4 heteroatoms. The number of methoxy groups -OCH3 is 2.